The lowest BCUT2D eigenvalue weighted by Gasteiger charge is -2.27. The van der Waals surface area contributed by atoms with E-state index in [1.54, 1.807) is 11.8 Å². The second kappa shape index (κ2) is 9.30. The van der Waals surface area contributed by atoms with Gasteiger partial charge in [-0.05, 0) is 12.8 Å². The molecule has 3 heterocycles. The smallest absolute Gasteiger partial charge is 0.243 e. The van der Waals surface area contributed by atoms with Crippen molar-refractivity contribution in [2.75, 3.05) is 43.1 Å². The first-order valence-electron chi connectivity index (χ1n) is 8.98. The van der Waals surface area contributed by atoms with Crippen LogP contribution in [0.5, 0.6) is 0 Å². The van der Waals surface area contributed by atoms with Crippen LogP contribution in [0.2, 0.25) is 0 Å². The molecule has 0 saturated carbocycles. The van der Waals surface area contributed by atoms with Gasteiger partial charge in [0.15, 0.2) is 11.5 Å². The van der Waals surface area contributed by atoms with Crippen molar-refractivity contribution in [1.82, 2.24) is 25.4 Å². The highest BCUT2D eigenvalue weighted by Gasteiger charge is 2.17. The Hall–Kier alpha value is -2.46. The van der Waals surface area contributed by atoms with E-state index < -0.39 is 0 Å². The average Bonchev–Trinajstić information content (AvgIpc) is 3.16. The number of rotatable bonds is 9. The van der Waals surface area contributed by atoms with Crippen LogP contribution in [-0.4, -0.2) is 63.9 Å². The molecule has 0 atom stereocenters. The summed E-state index contributed by atoms with van der Waals surface area (Å²) in [6.45, 7) is 3.69. The fraction of sp³-hybridized carbons (Fsp3) is 0.625. The number of unbranched alkanes of at least 4 members (excludes halogenated alkanes) is 3. The molecule has 0 aromatic carbocycles. The van der Waals surface area contributed by atoms with Gasteiger partial charge < -0.3 is 19.9 Å². The maximum absolute atomic E-state index is 10.9. The van der Waals surface area contributed by atoms with Crippen molar-refractivity contribution in [2.45, 2.75) is 32.1 Å². The van der Waals surface area contributed by atoms with E-state index in [9.17, 15) is 4.79 Å². The zero-order valence-electron chi connectivity index (χ0n) is 14.7. The Morgan fingerprint density at radius 2 is 2.04 bits per heavy atom. The molecule has 0 bridgehead atoms. The number of imidazole rings is 1. The summed E-state index contributed by atoms with van der Waals surface area (Å²) < 4.78 is 5.38. The number of fused-ring (bicyclic) bond motifs is 1. The second-order valence-corrected chi connectivity index (χ2v) is 6.20. The third kappa shape index (κ3) is 4.79. The van der Waals surface area contributed by atoms with Crippen molar-refractivity contribution in [3.8, 4) is 0 Å². The lowest BCUT2D eigenvalue weighted by atomic mass is 10.1. The predicted octanol–water partition coefficient (Wildman–Crippen LogP) is 1.06. The maximum Gasteiger partial charge on any atom is 0.243 e. The van der Waals surface area contributed by atoms with Crippen LogP contribution in [0.1, 0.15) is 32.1 Å². The molecule has 0 spiro atoms. The minimum absolute atomic E-state index is 0.332. The van der Waals surface area contributed by atoms with Gasteiger partial charge in [0.05, 0.1) is 19.5 Å². The number of morpholine rings is 1. The van der Waals surface area contributed by atoms with E-state index in [1.807, 2.05) is 0 Å². The van der Waals surface area contributed by atoms with Gasteiger partial charge in [0.1, 0.15) is 5.52 Å². The zero-order valence-corrected chi connectivity index (χ0v) is 14.7. The van der Waals surface area contributed by atoms with Crippen LogP contribution in [0, 0.1) is 0 Å². The number of carbonyl (C=O) groups excluding carboxylic acids is 1. The SMILES string of the molecule is O=C(CCCCCCNc1nc(N2CCOCC2)nc2nc[nH]c12)NO. The molecule has 142 valence electrons. The summed E-state index contributed by atoms with van der Waals surface area (Å²) in [6, 6.07) is 0. The normalized spacial score (nSPS) is 14.6. The van der Waals surface area contributed by atoms with Gasteiger partial charge in [0.25, 0.3) is 0 Å². The molecule has 10 heteroatoms. The van der Waals surface area contributed by atoms with E-state index in [0.29, 0.717) is 31.2 Å². The number of aromatic nitrogens is 4. The first-order valence-corrected chi connectivity index (χ1v) is 8.98. The monoisotopic (exact) mass is 363 g/mol. The number of anilines is 2. The Balaban J connectivity index is 1.52. The summed E-state index contributed by atoms with van der Waals surface area (Å²) in [7, 11) is 0. The van der Waals surface area contributed by atoms with E-state index in [4.69, 9.17) is 9.94 Å². The lowest BCUT2D eigenvalue weighted by molar-refractivity contribution is -0.129. The first-order chi connectivity index (χ1) is 12.8. The van der Waals surface area contributed by atoms with Gasteiger partial charge in [0, 0.05) is 26.1 Å². The Labute approximate surface area is 151 Å². The average molecular weight is 363 g/mol. The molecule has 0 radical (unpaired) electrons. The molecule has 1 saturated heterocycles. The number of hydrogen-bond acceptors (Lipinski definition) is 8. The van der Waals surface area contributed by atoms with Crippen molar-refractivity contribution < 1.29 is 14.7 Å². The van der Waals surface area contributed by atoms with Gasteiger partial charge in [-0.25, -0.2) is 10.5 Å². The van der Waals surface area contributed by atoms with Gasteiger partial charge in [0.2, 0.25) is 11.9 Å². The van der Waals surface area contributed by atoms with Crippen LogP contribution >= 0.6 is 0 Å². The van der Waals surface area contributed by atoms with Crippen molar-refractivity contribution in [1.29, 1.82) is 0 Å². The van der Waals surface area contributed by atoms with Crippen LogP contribution in [0.15, 0.2) is 6.33 Å². The number of hydroxylamine groups is 1. The summed E-state index contributed by atoms with van der Waals surface area (Å²) in [5, 5.41) is 11.8. The maximum atomic E-state index is 10.9. The van der Waals surface area contributed by atoms with E-state index in [-0.39, 0.29) is 5.91 Å². The third-order valence-corrected chi connectivity index (χ3v) is 4.32. The molecule has 1 aliphatic rings. The summed E-state index contributed by atoms with van der Waals surface area (Å²) in [5.74, 6) is 1.10. The minimum Gasteiger partial charge on any atom is -0.378 e. The number of aromatic amines is 1. The second-order valence-electron chi connectivity index (χ2n) is 6.20. The largest absolute Gasteiger partial charge is 0.378 e. The first kappa shape index (κ1) is 18.3. The molecule has 1 aliphatic heterocycles. The summed E-state index contributed by atoms with van der Waals surface area (Å²) >= 11 is 0. The molecule has 10 nitrogen and oxygen atoms in total. The molecule has 26 heavy (non-hydrogen) atoms. The minimum atomic E-state index is -0.332. The molecular weight excluding hydrogens is 338 g/mol. The molecule has 4 N–H and O–H groups in total. The molecule has 1 fully saturated rings. The van der Waals surface area contributed by atoms with Gasteiger partial charge in [-0.3, -0.25) is 10.0 Å². The Kier molecular flexibility index (Phi) is 6.56. The van der Waals surface area contributed by atoms with Crippen molar-refractivity contribution in [3.05, 3.63) is 6.33 Å². The van der Waals surface area contributed by atoms with Crippen LogP contribution in [0.25, 0.3) is 11.2 Å². The van der Waals surface area contributed by atoms with Crippen LogP contribution in [0.3, 0.4) is 0 Å². The fourth-order valence-electron chi connectivity index (χ4n) is 2.88. The summed E-state index contributed by atoms with van der Waals surface area (Å²) in [5.41, 5.74) is 3.11. The summed E-state index contributed by atoms with van der Waals surface area (Å²) in [4.78, 5) is 29.6. The highest BCUT2D eigenvalue weighted by Crippen LogP contribution is 2.21. The van der Waals surface area contributed by atoms with E-state index in [0.717, 1.165) is 56.7 Å². The van der Waals surface area contributed by atoms with Crippen molar-refractivity contribution in [2.24, 2.45) is 0 Å². The molecule has 0 unspecified atom stereocenters. The van der Waals surface area contributed by atoms with E-state index >= 15 is 0 Å². The molecule has 3 rings (SSSR count). The van der Waals surface area contributed by atoms with Crippen LogP contribution in [0.4, 0.5) is 11.8 Å². The number of H-pyrrole nitrogens is 1. The van der Waals surface area contributed by atoms with Crippen molar-refractivity contribution in [3.63, 3.8) is 0 Å². The fourth-order valence-corrected chi connectivity index (χ4v) is 2.88. The van der Waals surface area contributed by atoms with Gasteiger partial charge in [-0.2, -0.15) is 9.97 Å². The van der Waals surface area contributed by atoms with Gasteiger partial charge in [-0.1, -0.05) is 12.8 Å². The number of nitrogens with zero attached hydrogens (tertiary/aromatic N) is 4. The van der Waals surface area contributed by atoms with E-state index in [2.05, 4.69) is 30.2 Å². The van der Waals surface area contributed by atoms with Gasteiger partial charge in [-0.15, -0.1) is 0 Å². The number of nitrogens with one attached hydrogen (secondary N) is 3. The quantitative estimate of drug-likeness (QED) is 0.296. The lowest BCUT2D eigenvalue weighted by Crippen LogP contribution is -2.37. The zero-order chi connectivity index (χ0) is 18.2. The topological polar surface area (TPSA) is 128 Å². The molecule has 1 amide bonds. The Morgan fingerprint density at radius 3 is 2.85 bits per heavy atom. The summed E-state index contributed by atoms with van der Waals surface area (Å²) in [6.07, 6.45) is 5.66. The van der Waals surface area contributed by atoms with Crippen LogP contribution < -0.4 is 15.7 Å². The highest BCUT2D eigenvalue weighted by molar-refractivity contribution is 5.83. The molecule has 2 aromatic rings. The standard InChI is InChI=1S/C16H25N7O3/c24-12(22-25)5-3-1-2-4-6-17-14-13-15(19-11-18-13)21-16(20-14)23-7-9-26-10-8-23/h11,25H,1-10H2,(H,22,24)(H2,17,18,19,20,21). The number of amides is 1. The highest BCUT2D eigenvalue weighted by atomic mass is 16.5. The number of hydrogen-bond donors (Lipinski definition) is 4. The van der Waals surface area contributed by atoms with E-state index in [1.165, 1.54) is 0 Å². The van der Waals surface area contributed by atoms with Crippen LogP contribution in [-0.2, 0) is 9.53 Å². The number of ether oxygens (including phenoxy) is 1. The molecular formula is C16H25N7O3. The Morgan fingerprint density at radius 1 is 1.23 bits per heavy atom. The third-order valence-electron chi connectivity index (χ3n) is 4.32. The molecule has 2 aromatic heterocycles. The van der Waals surface area contributed by atoms with Gasteiger partial charge >= 0.3 is 0 Å². The predicted molar refractivity (Wildman–Crippen MR) is 96.2 cm³/mol. The van der Waals surface area contributed by atoms with Crippen molar-refractivity contribution >= 4 is 28.8 Å². The molecule has 0 aliphatic carbocycles. The Bertz CT molecular complexity index is 715. The number of carbonyl (C=O) groups is 1.